The van der Waals surface area contributed by atoms with E-state index in [2.05, 4.69) is 15.1 Å². The van der Waals surface area contributed by atoms with E-state index in [1.807, 2.05) is 32.9 Å². The van der Waals surface area contributed by atoms with E-state index in [-0.39, 0.29) is 11.4 Å². The van der Waals surface area contributed by atoms with Crippen LogP contribution in [0.25, 0.3) is 5.78 Å². The van der Waals surface area contributed by atoms with Crippen molar-refractivity contribution < 1.29 is 8.42 Å². The summed E-state index contributed by atoms with van der Waals surface area (Å²) in [6.45, 7) is 5.73. The minimum absolute atomic E-state index is 0.00205. The summed E-state index contributed by atoms with van der Waals surface area (Å²) in [7, 11) is -3.80. The fourth-order valence-electron chi connectivity index (χ4n) is 3.15. The van der Waals surface area contributed by atoms with Gasteiger partial charge in [-0.3, -0.25) is 4.31 Å². The molecule has 0 aliphatic heterocycles. The van der Waals surface area contributed by atoms with Crippen molar-refractivity contribution in [3.05, 3.63) is 83.4 Å². The molecule has 2 aromatic heterocycles. The maximum atomic E-state index is 13.4. The number of fused-ring (bicyclic) bond motifs is 1. The number of hydrogen-bond donors (Lipinski definition) is 0. The Balaban J connectivity index is 1.80. The van der Waals surface area contributed by atoms with Crippen molar-refractivity contribution in [3.8, 4) is 0 Å². The maximum Gasteiger partial charge on any atom is 0.264 e. The van der Waals surface area contributed by atoms with Gasteiger partial charge in [0, 0.05) is 11.4 Å². The zero-order valence-corrected chi connectivity index (χ0v) is 17.3. The van der Waals surface area contributed by atoms with Gasteiger partial charge >= 0.3 is 0 Å². The molecule has 0 aliphatic carbocycles. The Morgan fingerprint density at radius 2 is 1.62 bits per heavy atom. The lowest BCUT2D eigenvalue weighted by Gasteiger charge is -2.23. The second-order valence-corrected chi connectivity index (χ2v) is 8.80. The Bertz CT molecular complexity index is 1270. The Hall–Kier alpha value is -3.26. The third-order valence-corrected chi connectivity index (χ3v) is 6.39. The van der Waals surface area contributed by atoms with Crippen molar-refractivity contribution in [2.24, 2.45) is 0 Å². The number of benzene rings is 2. The number of aryl methyl sites for hydroxylation is 3. The first-order valence-electron chi connectivity index (χ1n) is 9.19. The largest absolute Gasteiger partial charge is 0.264 e. The highest BCUT2D eigenvalue weighted by Crippen LogP contribution is 2.25. The van der Waals surface area contributed by atoms with E-state index in [1.165, 1.54) is 4.31 Å². The molecule has 0 saturated carbocycles. The molecule has 0 amide bonds. The zero-order chi connectivity index (χ0) is 20.6. The molecule has 0 spiro atoms. The van der Waals surface area contributed by atoms with Gasteiger partial charge in [-0.2, -0.15) is 4.98 Å². The molecule has 8 heteroatoms. The van der Waals surface area contributed by atoms with Crippen LogP contribution in [0.1, 0.15) is 22.8 Å². The number of aromatic nitrogens is 4. The summed E-state index contributed by atoms with van der Waals surface area (Å²) in [5.41, 5.74) is 3.27. The zero-order valence-electron chi connectivity index (χ0n) is 16.4. The smallest absolute Gasteiger partial charge is 0.259 e. The topological polar surface area (TPSA) is 80.5 Å². The number of para-hydroxylation sites is 1. The highest BCUT2D eigenvalue weighted by Gasteiger charge is 2.26. The van der Waals surface area contributed by atoms with Gasteiger partial charge < -0.3 is 0 Å². The van der Waals surface area contributed by atoms with Gasteiger partial charge in [-0.25, -0.2) is 17.9 Å². The van der Waals surface area contributed by atoms with E-state index in [1.54, 1.807) is 53.0 Å². The van der Waals surface area contributed by atoms with Crippen molar-refractivity contribution in [2.75, 3.05) is 4.31 Å². The molecule has 0 aliphatic rings. The van der Waals surface area contributed by atoms with Crippen LogP contribution >= 0.6 is 0 Å². The normalized spacial score (nSPS) is 11.7. The number of sulfonamides is 1. The standard InChI is InChI=1S/C21H21N5O2S/c1-15-9-11-19(12-10-15)29(27,28)25(18-7-5-4-6-8-18)14-20-23-21-22-16(2)13-17(3)26(21)24-20/h4-13H,14H2,1-3H3. The number of rotatable bonds is 5. The van der Waals surface area contributed by atoms with Gasteiger partial charge in [0.05, 0.1) is 17.1 Å². The summed E-state index contributed by atoms with van der Waals surface area (Å²) in [6, 6.07) is 17.7. The Morgan fingerprint density at radius 3 is 2.31 bits per heavy atom. The second-order valence-electron chi connectivity index (χ2n) is 6.94. The predicted molar refractivity (Wildman–Crippen MR) is 111 cm³/mol. The molecule has 0 bridgehead atoms. The molecule has 0 saturated heterocycles. The monoisotopic (exact) mass is 407 g/mol. The van der Waals surface area contributed by atoms with Crippen molar-refractivity contribution in [2.45, 2.75) is 32.2 Å². The van der Waals surface area contributed by atoms with Gasteiger partial charge in [-0.1, -0.05) is 35.9 Å². The summed E-state index contributed by atoms with van der Waals surface area (Å²) in [4.78, 5) is 9.07. The van der Waals surface area contributed by atoms with Crippen molar-refractivity contribution in [1.29, 1.82) is 0 Å². The van der Waals surface area contributed by atoms with Gasteiger partial charge in [0.25, 0.3) is 15.8 Å². The van der Waals surface area contributed by atoms with Gasteiger partial charge in [0.15, 0.2) is 5.82 Å². The quantitative estimate of drug-likeness (QED) is 0.506. The minimum Gasteiger partial charge on any atom is -0.259 e. The highest BCUT2D eigenvalue weighted by atomic mass is 32.2. The molecule has 0 atom stereocenters. The van der Waals surface area contributed by atoms with Crippen LogP contribution in [0.2, 0.25) is 0 Å². The van der Waals surface area contributed by atoms with Gasteiger partial charge in [0.1, 0.15) is 0 Å². The molecule has 7 nitrogen and oxygen atoms in total. The van der Waals surface area contributed by atoms with Crippen LogP contribution in [-0.4, -0.2) is 28.0 Å². The van der Waals surface area contributed by atoms with E-state index in [0.717, 1.165) is 17.0 Å². The maximum absolute atomic E-state index is 13.4. The van der Waals surface area contributed by atoms with Crippen LogP contribution in [0.4, 0.5) is 5.69 Å². The summed E-state index contributed by atoms with van der Waals surface area (Å²) in [5, 5.41) is 4.48. The summed E-state index contributed by atoms with van der Waals surface area (Å²) >= 11 is 0. The first-order valence-corrected chi connectivity index (χ1v) is 10.6. The Kier molecular flexibility index (Phi) is 4.79. The molecule has 2 heterocycles. The summed E-state index contributed by atoms with van der Waals surface area (Å²) in [5.74, 6) is 0.837. The lowest BCUT2D eigenvalue weighted by atomic mass is 10.2. The first kappa shape index (κ1) is 19.1. The summed E-state index contributed by atoms with van der Waals surface area (Å²) in [6.07, 6.45) is 0. The fourth-order valence-corrected chi connectivity index (χ4v) is 4.57. The second kappa shape index (κ2) is 7.29. The molecular formula is C21H21N5O2S. The molecule has 2 aromatic carbocycles. The molecule has 0 unspecified atom stereocenters. The first-order chi connectivity index (χ1) is 13.8. The molecule has 4 aromatic rings. The third-order valence-electron chi connectivity index (χ3n) is 4.60. The van der Waals surface area contributed by atoms with E-state index < -0.39 is 10.0 Å². The van der Waals surface area contributed by atoms with Crippen LogP contribution < -0.4 is 4.31 Å². The molecule has 0 fully saturated rings. The average molecular weight is 407 g/mol. The molecule has 0 radical (unpaired) electrons. The third kappa shape index (κ3) is 3.71. The van der Waals surface area contributed by atoms with Crippen LogP contribution in [0.5, 0.6) is 0 Å². The number of nitrogens with zero attached hydrogens (tertiary/aromatic N) is 5. The Morgan fingerprint density at radius 1 is 0.931 bits per heavy atom. The van der Waals surface area contributed by atoms with Crippen molar-refractivity contribution >= 4 is 21.5 Å². The van der Waals surface area contributed by atoms with E-state index in [9.17, 15) is 8.42 Å². The van der Waals surface area contributed by atoms with Crippen molar-refractivity contribution in [1.82, 2.24) is 19.6 Å². The van der Waals surface area contributed by atoms with Gasteiger partial charge in [-0.05, 0) is 51.1 Å². The van der Waals surface area contributed by atoms with Gasteiger partial charge in [0.2, 0.25) is 0 Å². The van der Waals surface area contributed by atoms with Crippen LogP contribution in [0.15, 0.2) is 65.6 Å². The lowest BCUT2D eigenvalue weighted by Crippen LogP contribution is -2.31. The SMILES string of the molecule is Cc1ccc(S(=O)(=O)N(Cc2nc3nc(C)cc(C)n3n2)c2ccccc2)cc1. The molecule has 4 rings (SSSR count). The molecular weight excluding hydrogens is 386 g/mol. The Labute approximate surface area is 169 Å². The molecule has 29 heavy (non-hydrogen) atoms. The number of hydrogen-bond acceptors (Lipinski definition) is 5. The number of anilines is 1. The van der Waals surface area contributed by atoms with Crippen LogP contribution in [0.3, 0.4) is 0 Å². The van der Waals surface area contributed by atoms with E-state index in [0.29, 0.717) is 17.3 Å². The van der Waals surface area contributed by atoms with Gasteiger partial charge in [-0.15, -0.1) is 5.10 Å². The minimum atomic E-state index is -3.80. The summed E-state index contributed by atoms with van der Waals surface area (Å²) < 4.78 is 29.8. The molecule has 0 N–H and O–H groups in total. The van der Waals surface area contributed by atoms with E-state index in [4.69, 9.17) is 0 Å². The van der Waals surface area contributed by atoms with Crippen molar-refractivity contribution in [3.63, 3.8) is 0 Å². The predicted octanol–water partition coefficient (Wildman–Crippen LogP) is 3.45. The van der Waals surface area contributed by atoms with Crippen LogP contribution in [-0.2, 0) is 16.6 Å². The lowest BCUT2D eigenvalue weighted by molar-refractivity contribution is 0.589. The van der Waals surface area contributed by atoms with E-state index >= 15 is 0 Å². The highest BCUT2D eigenvalue weighted by molar-refractivity contribution is 7.92. The average Bonchev–Trinajstić information content (AvgIpc) is 3.10. The van der Waals surface area contributed by atoms with Crippen LogP contribution in [0, 0.1) is 20.8 Å². The molecule has 148 valence electrons. The fraction of sp³-hybridized carbons (Fsp3) is 0.190.